The van der Waals surface area contributed by atoms with Crippen LogP contribution in [0.1, 0.15) is 17.3 Å². The lowest BCUT2D eigenvalue weighted by Crippen LogP contribution is -2.30. The summed E-state index contributed by atoms with van der Waals surface area (Å²) in [5.74, 6) is -0.992. The van der Waals surface area contributed by atoms with E-state index in [-0.39, 0.29) is 0 Å². The van der Waals surface area contributed by atoms with Crippen LogP contribution in [0.4, 0.5) is 5.69 Å². The molecule has 8 heteroatoms. The normalized spacial score (nSPS) is 11.8. The predicted molar refractivity (Wildman–Crippen MR) is 107 cm³/mol. The summed E-state index contributed by atoms with van der Waals surface area (Å²) in [6.07, 6.45) is 0.500. The Bertz CT molecular complexity index is 1160. The number of esters is 1. The van der Waals surface area contributed by atoms with E-state index in [0.29, 0.717) is 16.9 Å². The number of rotatable bonds is 5. The lowest BCUT2D eigenvalue weighted by Gasteiger charge is -2.14. The van der Waals surface area contributed by atoms with Gasteiger partial charge in [-0.1, -0.05) is 30.3 Å². The Morgan fingerprint density at radius 2 is 1.76 bits per heavy atom. The number of aromatic nitrogens is 4. The van der Waals surface area contributed by atoms with Gasteiger partial charge in [-0.3, -0.25) is 4.79 Å². The van der Waals surface area contributed by atoms with Crippen molar-refractivity contribution in [2.75, 3.05) is 5.32 Å². The van der Waals surface area contributed by atoms with Gasteiger partial charge < -0.3 is 10.1 Å². The minimum absolute atomic E-state index is 0.326. The molecule has 4 aromatic rings. The molecule has 0 fully saturated rings. The molecule has 1 N–H and O–H groups in total. The maximum Gasteiger partial charge on any atom is 0.338 e. The molecule has 1 atom stereocenters. The second kappa shape index (κ2) is 7.89. The van der Waals surface area contributed by atoms with Gasteiger partial charge in [0, 0.05) is 5.69 Å². The Labute approximate surface area is 166 Å². The summed E-state index contributed by atoms with van der Waals surface area (Å²) in [6, 6.07) is 20.0. The van der Waals surface area contributed by atoms with E-state index in [1.54, 1.807) is 24.3 Å². The van der Waals surface area contributed by atoms with E-state index in [0.717, 1.165) is 10.8 Å². The number of benzene rings is 3. The minimum Gasteiger partial charge on any atom is -0.449 e. The Balaban J connectivity index is 1.39. The molecule has 0 aliphatic heterocycles. The number of tetrazole rings is 1. The minimum atomic E-state index is -0.951. The van der Waals surface area contributed by atoms with E-state index in [9.17, 15) is 9.59 Å². The maximum atomic E-state index is 12.4. The van der Waals surface area contributed by atoms with Gasteiger partial charge in [0.2, 0.25) is 0 Å². The van der Waals surface area contributed by atoms with E-state index in [4.69, 9.17) is 4.74 Å². The molecule has 29 heavy (non-hydrogen) atoms. The van der Waals surface area contributed by atoms with E-state index < -0.39 is 18.0 Å². The van der Waals surface area contributed by atoms with Crippen LogP contribution < -0.4 is 5.32 Å². The number of hydrogen-bond acceptors (Lipinski definition) is 6. The van der Waals surface area contributed by atoms with Crippen LogP contribution in [0, 0.1) is 0 Å². The molecule has 0 saturated carbocycles. The first-order chi connectivity index (χ1) is 14.1. The summed E-state index contributed by atoms with van der Waals surface area (Å²) in [6.45, 7) is 1.53. The summed E-state index contributed by atoms with van der Waals surface area (Å²) in [5, 5.41) is 15.8. The van der Waals surface area contributed by atoms with E-state index in [1.165, 1.54) is 17.9 Å². The molecule has 3 aromatic carbocycles. The highest BCUT2D eigenvalue weighted by atomic mass is 16.5. The van der Waals surface area contributed by atoms with Crippen LogP contribution in [-0.4, -0.2) is 38.2 Å². The number of amides is 1. The van der Waals surface area contributed by atoms with Gasteiger partial charge in [0.25, 0.3) is 5.91 Å². The average molecular weight is 387 g/mol. The van der Waals surface area contributed by atoms with Crippen molar-refractivity contribution in [3.63, 3.8) is 0 Å². The molecular formula is C21H17N5O3. The smallest absolute Gasteiger partial charge is 0.338 e. The molecule has 144 valence electrons. The van der Waals surface area contributed by atoms with Crippen molar-refractivity contribution in [2.24, 2.45) is 0 Å². The van der Waals surface area contributed by atoms with Gasteiger partial charge in [-0.05, 0) is 64.5 Å². The number of nitrogens with zero attached hydrogens (tertiary/aromatic N) is 4. The summed E-state index contributed by atoms with van der Waals surface area (Å²) >= 11 is 0. The number of carbonyl (C=O) groups excluding carboxylic acids is 2. The van der Waals surface area contributed by atoms with Gasteiger partial charge in [-0.25, -0.2) is 9.48 Å². The standard InChI is InChI=1S/C21H17N5O3/c1-14(20(27)23-18-9-6-15-4-2-3-5-17(15)12-18)29-21(28)16-7-10-19(11-8-16)26-13-22-24-25-26/h2-14H,1H3,(H,23,27)/t14-/m1/s1. The molecule has 0 spiro atoms. The van der Waals surface area contributed by atoms with Crippen molar-refractivity contribution in [2.45, 2.75) is 13.0 Å². The summed E-state index contributed by atoms with van der Waals surface area (Å²) in [7, 11) is 0. The fourth-order valence-corrected chi connectivity index (χ4v) is 2.82. The molecule has 8 nitrogen and oxygen atoms in total. The van der Waals surface area contributed by atoms with Crippen LogP contribution in [0.25, 0.3) is 16.5 Å². The molecule has 1 heterocycles. The fraction of sp³-hybridized carbons (Fsp3) is 0.0952. The van der Waals surface area contributed by atoms with E-state index in [2.05, 4.69) is 20.8 Å². The molecular weight excluding hydrogens is 370 g/mol. The third-order valence-corrected chi connectivity index (χ3v) is 4.39. The maximum absolute atomic E-state index is 12.4. The van der Waals surface area contributed by atoms with Crippen molar-refractivity contribution < 1.29 is 14.3 Å². The van der Waals surface area contributed by atoms with Crippen LogP contribution in [0.3, 0.4) is 0 Å². The monoisotopic (exact) mass is 387 g/mol. The topological polar surface area (TPSA) is 99.0 Å². The molecule has 0 unspecified atom stereocenters. The molecule has 0 saturated heterocycles. The number of hydrogen-bond donors (Lipinski definition) is 1. The number of carbonyl (C=O) groups is 2. The van der Waals surface area contributed by atoms with E-state index >= 15 is 0 Å². The summed E-state index contributed by atoms with van der Waals surface area (Å²) < 4.78 is 6.76. The number of ether oxygens (including phenoxy) is 1. The molecule has 0 aliphatic rings. The highest BCUT2D eigenvalue weighted by Gasteiger charge is 2.19. The first-order valence-corrected chi connectivity index (χ1v) is 8.94. The van der Waals surface area contributed by atoms with Gasteiger partial charge in [0.15, 0.2) is 6.10 Å². The van der Waals surface area contributed by atoms with Gasteiger partial charge in [0.05, 0.1) is 11.3 Å². The van der Waals surface area contributed by atoms with Crippen molar-refractivity contribution in [3.8, 4) is 5.69 Å². The number of fused-ring (bicyclic) bond motifs is 1. The molecule has 0 aliphatic carbocycles. The zero-order chi connectivity index (χ0) is 20.2. The van der Waals surface area contributed by atoms with Gasteiger partial charge in [0.1, 0.15) is 6.33 Å². The third kappa shape index (κ3) is 4.11. The zero-order valence-corrected chi connectivity index (χ0v) is 15.5. The van der Waals surface area contributed by atoms with Gasteiger partial charge >= 0.3 is 5.97 Å². The van der Waals surface area contributed by atoms with Crippen molar-refractivity contribution in [1.29, 1.82) is 0 Å². The lowest BCUT2D eigenvalue weighted by atomic mass is 10.1. The van der Waals surface area contributed by atoms with Gasteiger partial charge in [-0.15, -0.1) is 5.10 Å². The van der Waals surface area contributed by atoms with Crippen LogP contribution in [0.2, 0.25) is 0 Å². The fourth-order valence-electron chi connectivity index (χ4n) is 2.82. The van der Waals surface area contributed by atoms with Crippen LogP contribution in [0.15, 0.2) is 73.1 Å². The SMILES string of the molecule is C[C@@H](OC(=O)c1ccc(-n2cnnn2)cc1)C(=O)Nc1ccc2ccccc2c1. The molecule has 1 amide bonds. The molecule has 0 bridgehead atoms. The van der Waals surface area contributed by atoms with Crippen molar-refractivity contribution in [1.82, 2.24) is 20.2 Å². The number of anilines is 1. The number of nitrogens with one attached hydrogen (secondary N) is 1. The first kappa shape index (κ1) is 18.3. The highest BCUT2D eigenvalue weighted by Crippen LogP contribution is 2.19. The Morgan fingerprint density at radius 1 is 1.00 bits per heavy atom. The van der Waals surface area contributed by atoms with Crippen LogP contribution in [-0.2, 0) is 9.53 Å². The average Bonchev–Trinajstić information content (AvgIpc) is 3.28. The first-order valence-electron chi connectivity index (χ1n) is 8.94. The van der Waals surface area contributed by atoms with Gasteiger partial charge in [-0.2, -0.15) is 0 Å². The lowest BCUT2D eigenvalue weighted by molar-refractivity contribution is -0.123. The predicted octanol–water partition coefficient (Wildman–Crippen LogP) is 3.00. The zero-order valence-electron chi connectivity index (χ0n) is 15.5. The molecule has 4 rings (SSSR count). The summed E-state index contributed by atoms with van der Waals surface area (Å²) in [4.78, 5) is 24.7. The quantitative estimate of drug-likeness (QED) is 0.529. The van der Waals surface area contributed by atoms with Crippen molar-refractivity contribution in [3.05, 3.63) is 78.6 Å². The molecule has 1 aromatic heterocycles. The Kier molecular flexibility index (Phi) is 4.98. The second-order valence-electron chi connectivity index (χ2n) is 6.40. The van der Waals surface area contributed by atoms with E-state index in [1.807, 2.05) is 42.5 Å². The Hall–Kier alpha value is -4.07. The molecule has 0 radical (unpaired) electrons. The van der Waals surface area contributed by atoms with Crippen LogP contribution >= 0.6 is 0 Å². The third-order valence-electron chi connectivity index (χ3n) is 4.39. The van der Waals surface area contributed by atoms with Crippen LogP contribution in [0.5, 0.6) is 0 Å². The second-order valence-corrected chi connectivity index (χ2v) is 6.40. The van der Waals surface area contributed by atoms with Crippen molar-refractivity contribution >= 4 is 28.3 Å². The summed E-state index contributed by atoms with van der Waals surface area (Å²) in [5.41, 5.74) is 1.67. The largest absolute Gasteiger partial charge is 0.449 e. The Morgan fingerprint density at radius 3 is 2.48 bits per heavy atom. The highest BCUT2D eigenvalue weighted by molar-refractivity contribution is 5.99.